The topological polar surface area (TPSA) is 96.9 Å². The molecular weight excluding hydrogens is 546 g/mol. The second-order valence-corrected chi connectivity index (χ2v) is 10.9. The lowest BCUT2D eigenvalue weighted by Gasteiger charge is -2.24. The third kappa shape index (κ3) is 5.79. The van der Waals surface area contributed by atoms with Crippen molar-refractivity contribution >= 4 is 34.1 Å². The highest BCUT2D eigenvalue weighted by molar-refractivity contribution is 6.36. The van der Waals surface area contributed by atoms with Crippen LogP contribution in [0.5, 0.6) is 5.88 Å². The highest BCUT2D eigenvalue weighted by Crippen LogP contribution is 2.40. The van der Waals surface area contributed by atoms with Gasteiger partial charge in [-0.3, -0.25) is 4.98 Å². The van der Waals surface area contributed by atoms with E-state index in [-0.39, 0.29) is 0 Å². The van der Waals surface area contributed by atoms with E-state index in [1.165, 1.54) is 0 Å². The average molecular weight is 580 g/mol. The molecular formula is C33H34ClN7O. The van der Waals surface area contributed by atoms with Crippen molar-refractivity contribution in [2.75, 3.05) is 25.5 Å². The number of methoxy groups -OCH3 is 1. The molecule has 1 aliphatic heterocycles. The second-order valence-electron chi connectivity index (χ2n) is 10.5. The molecule has 9 heteroatoms. The van der Waals surface area contributed by atoms with Crippen molar-refractivity contribution in [2.45, 2.75) is 39.3 Å². The van der Waals surface area contributed by atoms with Crippen molar-refractivity contribution in [1.82, 2.24) is 30.6 Å². The maximum Gasteiger partial charge on any atom is 0.218 e. The zero-order valence-corrected chi connectivity index (χ0v) is 24.8. The van der Waals surface area contributed by atoms with Gasteiger partial charge < -0.3 is 20.7 Å². The highest BCUT2D eigenvalue weighted by atomic mass is 35.5. The van der Waals surface area contributed by atoms with E-state index in [2.05, 4.69) is 50.0 Å². The van der Waals surface area contributed by atoms with Gasteiger partial charge in [0.2, 0.25) is 5.88 Å². The molecule has 4 heterocycles. The fraction of sp³-hybridized carbons (Fsp3) is 0.273. The van der Waals surface area contributed by atoms with Crippen molar-refractivity contribution in [1.29, 1.82) is 0 Å². The summed E-state index contributed by atoms with van der Waals surface area (Å²) in [5.74, 6) is 1.96. The second kappa shape index (κ2) is 12.4. The summed E-state index contributed by atoms with van der Waals surface area (Å²) >= 11 is 7.11. The molecule has 1 saturated heterocycles. The molecule has 5 aromatic rings. The predicted molar refractivity (Wildman–Crippen MR) is 169 cm³/mol. The quantitative estimate of drug-likeness (QED) is 0.189. The van der Waals surface area contributed by atoms with Crippen molar-refractivity contribution in [2.24, 2.45) is 0 Å². The van der Waals surface area contributed by atoms with Crippen LogP contribution in [0.3, 0.4) is 0 Å². The summed E-state index contributed by atoms with van der Waals surface area (Å²) < 4.78 is 5.70. The molecule has 0 radical (unpaired) electrons. The maximum atomic E-state index is 7.11. The minimum absolute atomic E-state index is 0.503. The largest absolute Gasteiger partial charge is 0.481 e. The number of halogens is 1. The molecule has 0 atom stereocenters. The number of piperidine rings is 1. The first-order chi connectivity index (χ1) is 20.5. The number of aromatic nitrogens is 4. The third-order valence-electron chi connectivity index (χ3n) is 7.77. The van der Waals surface area contributed by atoms with Crippen molar-refractivity contribution in [3.8, 4) is 28.3 Å². The fourth-order valence-electron chi connectivity index (χ4n) is 5.51. The van der Waals surface area contributed by atoms with Gasteiger partial charge in [-0.05, 0) is 75.2 Å². The Labute approximate surface area is 251 Å². The van der Waals surface area contributed by atoms with Gasteiger partial charge in [-0.15, -0.1) is 0 Å². The Bertz CT molecular complexity index is 1740. The van der Waals surface area contributed by atoms with E-state index in [1.807, 2.05) is 55.5 Å². The molecule has 6 rings (SSSR count). The van der Waals surface area contributed by atoms with E-state index in [9.17, 15) is 0 Å². The van der Waals surface area contributed by atoms with Crippen LogP contribution in [-0.2, 0) is 6.54 Å². The van der Waals surface area contributed by atoms with Crippen LogP contribution in [0.2, 0.25) is 5.02 Å². The first kappa shape index (κ1) is 28.0. The number of benzene rings is 2. The van der Waals surface area contributed by atoms with E-state index in [0.29, 0.717) is 35.1 Å². The molecule has 3 N–H and O–H groups in total. The molecule has 3 aromatic heterocycles. The molecule has 8 nitrogen and oxygen atoms in total. The van der Waals surface area contributed by atoms with E-state index in [1.54, 1.807) is 13.3 Å². The summed E-state index contributed by atoms with van der Waals surface area (Å²) in [6.07, 6.45) is 4.00. The fourth-order valence-corrected chi connectivity index (χ4v) is 5.83. The lowest BCUT2D eigenvalue weighted by Crippen LogP contribution is -2.39. The number of fused-ring (bicyclic) bond motifs is 1. The standard InChI is InChI=1S/C33H34ClN7O/c1-20-24(7-5-10-27(20)40-32-31-29(11-6-16-36-31)38-21(2)39-32)25-8-4-9-26(30(25)34)28-13-12-22(33(41-28)42-3)19-37-23-14-17-35-18-15-23/h4-13,16,23,35,37H,14-15,17-19H2,1-3H3,(H,38,39,40). The molecule has 0 amide bonds. The zero-order valence-electron chi connectivity index (χ0n) is 24.0. The minimum atomic E-state index is 0.503. The van der Waals surface area contributed by atoms with Gasteiger partial charge in [0, 0.05) is 41.2 Å². The number of anilines is 2. The van der Waals surface area contributed by atoms with E-state index >= 15 is 0 Å². The number of nitrogens with zero attached hydrogens (tertiary/aromatic N) is 4. The molecule has 214 valence electrons. The third-order valence-corrected chi connectivity index (χ3v) is 8.18. The number of pyridine rings is 2. The first-order valence-corrected chi connectivity index (χ1v) is 14.6. The van der Waals surface area contributed by atoms with Crippen LogP contribution in [-0.4, -0.2) is 46.2 Å². The Morgan fingerprint density at radius 2 is 1.69 bits per heavy atom. The number of hydrogen-bond acceptors (Lipinski definition) is 8. The number of rotatable bonds is 8. The highest BCUT2D eigenvalue weighted by Gasteiger charge is 2.18. The summed E-state index contributed by atoms with van der Waals surface area (Å²) in [6.45, 7) is 6.77. The summed E-state index contributed by atoms with van der Waals surface area (Å²) in [4.78, 5) is 18.5. The van der Waals surface area contributed by atoms with Gasteiger partial charge in [0.1, 0.15) is 11.3 Å². The molecule has 0 spiro atoms. The van der Waals surface area contributed by atoms with Gasteiger partial charge in [-0.25, -0.2) is 15.0 Å². The van der Waals surface area contributed by atoms with Gasteiger partial charge in [0.05, 0.1) is 23.3 Å². The van der Waals surface area contributed by atoms with Crippen LogP contribution in [0.25, 0.3) is 33.4 Å². The molecule has 1 fully saturated rings. The smallest absolute Gasteiger partial charge is 0.218 e. The monoisotopic (exact) mass is 579 g/mol. The van der Waals surface area contributed by atoms with Gasteiger partial charge >= 0.3 is 0 Å². The Morgan fingerprint density at radius 1 is 0.905 bits per heavy atom. The van der Waals surface area contributed by atoms with Gasteiger partial charge in [0.15, 0.2) is 5.82 Å². The van der Waals surface area contributed by atoms with Crippen molar-refractivity contribution in [3.63, 3.8) is 0 Å². The van der Waals surface area contributed by atoms with Gasteiger partial charge in [0.25, 0.3) is 0 Å². The van der Waals surface area contributed by atoms with E-state index in [0.717, 1.165) is 76.2 Å². The lowest BCUT2D eigenvalue weighted by molar-refractivity contribution is 0.370. The summed E-state index contributed by atoms with van der Waals surface area (Å²) in [6, 6.07) is 20.6. The molecule has 2 aromatic carbocycles. The molecule has 1 aliphatic rings. The summed E-state index contributed by atoms with van der Waals surface area (Å²) in [5, 5.41) is 11.2. The first-order valence-electron chi connectivity index (χ1n) is 14.2. The number of nitrogens with one attached hydrogen (secondary N) is 3. The van der Waals surface area contributed by atoms with Crippen molar-refractivity contribution in [3.05, 3.63) is 88.8 Å². The number of aryl methyl sites for hydroxylation is 1. The number of ether oxygens (including phenoxy) is 1. The Kier molecular flexibility index (Phi) is 8.28. The van der Waals surface area contributed by atoms with Gasteiger partial charge in [-0.1, -0.05) is 48.0 Å². The Hall–Kier alpha value is -4.11. The van der Waals surface area contributed by atoms with Gasteiger partial charge in [-0.2, -0.15) is 0 Å². The Morgan fingerprint density at radius 3 is 2.52 bits per heavy atom. The van der Waals surface area contributed by atoms with E-state index < -0.39 is 0 Å². The van der Waals surface area contributed by atoms with Crippen molar-refractivity contribution < 1.29 is 4.74 Å². The van der Waals surface area contributed by atoms with Crippen LogP contribution >= 0.6 is 11.6 Å². The normalized spacial score (nSPS) is 13.8. The average Bonchev–Trinajstić information content (AvgIpc) is 3.02. The van der Waals surface area contributed by atoms with Crippen LogP contribution in [0.4, 0.5) is 11.5 Å². The molecule has 0 bridgehead atoms. The van der Waals surface area contributed by atoms with Crippen LogP contribution < -0.4 is 20.7 Å². The lowest BCUT2D eigenvalue weighted by atomic mass is 9.96. The molecule has 42 heavy (non-hydrogen) atoms. The summed E-state index contributed by atoms with van der Waals surface area (Å²) in [7, 11) is 1.66. The number of hydrogen-bond donors (Lipinski definition) is 3. The van der Waals surface area contributed by atoms with E-state index in [4.69, 9.17) is 21.3 Å². The SMILES string of the molecule is COc1nc(-c2cccc(-c3cccc(Nc4nc(C)nc5cccnc45)c3C)c2Cl)ccc1CNC1CCNCC1. The molecule has 0 saturated carbocycles. The van der Waals surface area contributed by atoms with Crippen LogP contribution in [0, 0.1) is 13.8 Å². The van der Waals surface area contributed by atoms with Crippen LogP contribution in [0.1, 0.15) is 29.8 Å². The Balaban J connectivity index is 1.30. The minimum Gasteiger partial charge on any atom is -0.481 e. The molecule has 0 aliphatic carbocycles. The summed E-state index contributed by atoms with van der Waals surface area (Å²) in [5.41, 5.74) is 8.08. The predicted octanol–water partition coefficient (Wildman–Crippen LogP) is 6.62. The van der Waals surface area contributed by atoms with Crippen LogP contribution in [0.15, 0.2) is 66.9 Å². The zero-order chi connectivity index (χ0) is 29.1. The maximum absolute atomic E-state index is 7.11. The molecule has 0 unspecified atom stereocenters.